The number of rotatable bonds is 2. The highest BCUT2D eigenvalue weighted by molar-refractivity contribution is 6.29. The summed E-state index contributed by atoms with van der Waals surface area (Å²) in [6.07, 6.45) is 4.44. The largest absolute Gasteiger partial charge is 0.362 e. The molecule has 0 saturated carbocycles. The minimum Gasteiger partial charge on any atom is -0.362 e. The molecule has 92 valence electrons. The fraction of sp³-hybridized carbons (Fsp3) is 0.286. The monoisotopic (exact) mass is 259 g/mol. The lowest BCUT2D eigenvalue weighted by molar-refractivity contribution is 0.663. The minimum atomic E-state index is 0.439. The number of hydrogen-bond donors (Lipinski definition) is 0. The van der Waals surface area contributed by atoms with E-state index in [4.69, 9.17) is 11.6 Å². The number of para-hydroxylation sites is 1. The predicted molar refractivity (Wildman–Crippen MR) is 72.8 cm³/mol. The van der Waals surface area contributed by atoms with Gasteiger partial charge in [-0.15, -0.1) is 0 Å². The Hall–Kier alpha value is -1.61. The fourth-order valence-corrected chi connectivity index (χ4v) is 2.56. The molecule has 0 spiro atoms. The van der Waals surface area contributed by atoms with E-state index in [-0.39, 0.29) is 0 Å². The Bertz CT molecular complexity index is 553. The number of hydrogen-bond acceptors (Lipinski definition) is 3. The van der Waals surface area contributed by atoms with Crippen LogP contribution in [0.2, 0.25) is 5.15 Å². The number of anilines is 1. The Balaban J connectivity index is 1.87. The first kappa shape index (κ1) is 11.5. The molecule has 3 nitrogen and oxygen atoms in total. The Morgan fingerprint density at radius 1 is 1.28 bits per heavy atom. The van der Waals surface area contributed by atoms with Gasteiger partial charge in [-0.3, -0.25) is 4.98 Å². The van der Waals surface area contributed by atoms with Gasteiger partial charge in [0, 0.05) is 11.7 Å². The molecule has 1 aromatic heterocycles. The molecule has 0 saturated heterocycles. The lowest BCUT2D eigenvalue weighted by Crippen LogP contribution is -2.29. The molecule has 2 aromatic rings. The number of nitrogens with zero attached hydrogens (tertiary/aromatic N) is 3. The summed E-state index contributed by atoms with van der Waals surface area (Å²) in [5, 5.41) is 0.439. The highest BCUT2D eigenvalue weighted by atomic mass is 35.5. The average molecular weight is 260 g/mol. The molecule has 1 aliphatic heterocycles. The zero-order valence-corrected chi connectivity index (χ0v) is 10.9. The van der Waals surface area contributed by atoms with Crippen molar-refractivity contribution in [2.45, 2.75) is 25.9 Å². The van der Waals surface area contributed by atoms with E-state index in [1.807, 2.05) is 0 Å². The summed E-state index contributed by atoms with van der Waals surface area (Å²) in [6, 6.07) is 9.04. The molecule has 1 atom stereocenters. The third-order valence-electron chi connectivity index (χ3n) is 3.35. The van der Waals surface area contributed by atoms with Crippen molar-refractivity contribution in [1.82, 2.24) is 9.97 Å². The lowest BCUT2D eigenvalue weighted by atomic mass is 10.1. The van der Waals surface area contributed by atoms with Gasteiger partial charge in [0.15, 0.2) is 0 Å². The van der Waals surface area contributed by atoms with Crippen LogP contribution < -0.4 is 4.90 Å². The summed E-state index contributed by atoms with van der Waals surface area (Å²) in [5.74, 6) is 0. The van der Waals surface area contributed by atoms with Crippen molar-refractivity contribution in [3.8, 4) is 0 Å². The molecular weight excluding hydrogens is 246 g/mol. The maximum atomic E-state index is 5.75. The Kier molecular flexibility index (Phi) is 2.92. The number of aromatic nitrogens is 2. The van der Waals surface area contributed by atoms with Crippen molar-refractivity contribution in [2.24, 2.45) is 0 Å². The van der Waals surface area contributed by atoms with Gasteiger partial charge in [-0.2, -0.15) is 0 Å². The minimum absolute atomic E-state index is 0.439. The van der Waals surface area contributed by atoms with Gasteiger partial charge >= 0.3 is 0 Å². The first-order valence-electron chi connectivity index (χ1n) is 6.05. The van der Waals surface area contributed by atoms with Crippen molar-refractivity contribution >= 4 is 17.3 Å². The smallest absolute Gasteiger partial charge is 0.147 e. The summed E-state index contributed by atoms with van der Waals surface area (Å²) in [5.41, 5.74) is 3.66. The van der Waals surface area contributed by atoms with E-state index in [0.717, 1.165) is 18.7 Å². The summed E-state index contributed by atoms with van der Waals surface area (Å²) >= 11 is 5.75. The van der Waals surface area contributed by atoms with Crippen LogP contribution in [0.3, 0.4) is 0 Å². The molecule has 1 unspecified atom stereocenters. The van der Waals surface area contributed by atoms with E-state index in [9.17, 15) is 0 Å². The first-order chi connectivity index (χ1) is 8.74. The molecule has 1 aromatic carbocycles. The van der Waals surface area contributed by atoms with Crippen molar-refractivity contribution < 1.29 is 0 Å². The van der Waals surface area contributed by atoms with Gasteiger partial charge in [0.05, 0.1) is 24.6 Å². The maximum absolute atomic E-state index is 5.75. The second kappa shape index (κ2) is 4.58. The van der Waals surface area contributed by atoms with Gasteiger partial charge in [-0.05, 0) is 25.0 Å². The van der Waals surface area contributed by atoms with Gasteiger partial charge < -0.3 is 4.90 Å². The molecule has 0 radical (unpaired) electrons. The third kappa shape index (κ3) is 2.06. The van der Waals surface area contributed by atoms with Crippen LogP contribution in [0, 0.1) is 0 Å². The molecule has 1 aliphatic rings. The molecule has 3 rings (SSSR count). The zero-order valence-electron chi connectivity index (χ0n) is 10.2. The Morgan fingerprint density at radius 3 is 2.89 bits per heavy atom. The van der Waals surface area contributed by atoms with E-state index in [1.165, 1.54) is 11.3 Å². The van der Waals surface area contributed by atoms with Crippen LogP contribution in [0.5, 0.6) is 0 Å². The van der Waals surface area contributed by atoms with Crippen molar-refractivity contribution in [1.29, 1.82) is 0 Å². The van der Waals surface area contributed by atoms with Crippen molar-refractivity contribution in [3.05, 3.63) is 53.1 Å². The fourth-order valence-electron chi connectivity index (χ4n) is 2.47. The Labute approximate surface area is 111 Å². The summed E-state index contributed by atoms with van der Waals surface area (Å²) < 4.78 is 0. The van der Waals surface area contributed by atoms with Gasteiger partial charge in [0.25, 0.3) is 0 Å². The van der Waals surface area contributed by atoms with Gasteiger partial charge in [-0.1, -0.05) is 29.8 Å². The van der Waals surface area contributed by atoms with E-state index in [0.29, 0.717) is 11.2 Å². The van der Waals surface area contributed by atoms with Crippen molar-refractivity contribution in [2.75, 3.05) is 4.90 Å². The summed E-state index contributed by atoms with van der Waals surface area (Å²) in [4.78, 5) is 10.8. The topological polar surface area (TPSA) is 29.0 Å². The third-order valence-corrected chi connectivity index (χ3v) is 3.55. The normalized spacial score (nSPS) is 17.9. The highest BCUT2D eigenvalue weighted by Crippen LogP contribution is 2.32. The van der Waals surface area contributed by atoms with Crippen LogP contribution in [0.4, 0.5) is 5.69 Å². The summed E-state index contributed by atoms with van der Waals surface area (Å²) in [6.45, 7) is 3.02. The SMILES string of the molecule is CC1Cc2ccccc2N1Cc1cnc(Cl)cn1. The standard InChI is InChI=1S/C14H14ClN3/c1-10-6-11-4-2-3-5-13(11)18(10)9-12-7-17-14(15)8-16-12/h2-5,7-8,10H,6,9H2,1H3. The number of fused-ring (bicyclic) bond motifs is 1. The van der Waals surface area contributed by atoms with Crippen LogP contribution in [0.1, 0.15) is 18.2 Å². The lowest BCUT2D eigenvalue weighted by Gasteiger charge is -2.24. The number of halogens is 1. The second-order valence-corrected chi connectivity index (χ2v) is 5.03. The van der Waals surface area contributed by atoms with E-state index < -0.39 is 0 Å². The molecule has 2 heterocycles. The molecule has 0 aliphatic carbocycles. The average Bonchev–Trinajstić information content (AvgIpc) is 2.69. The maximum Gasteiger partial charge on any atom is 0.147 e. The van der Waals surface area contributed by atoms with Gasteiger partial charge in [-0.25, -0.2) is 4.98 Å². The van der Waals surface area contributed by atoms with Crippen LogP contribution in [0.25, 0.3) is 0 Å². The van der Waals surface area contributed by atoms with Crippen LogP contribution in [-0.2, 0) is 13.0 Å². The summed E-state index contributed by atoms with van der Waals surface area (Å²) in [7, 11) is 0. The first-order valence-corrected chi connectivity index (χ1v) is 6.43. The van der Waals surface area contributed by atoms with Crippen molar-refractivity contribution in [3.63, 3.8) is 0 Å². The van der Waals surface area contributed by atoms with Crippen LogP contribution in [0.15, 0.2) is 36.7 Å². The molecule has 0 N–H and O–H groups in total. The molecule has 0 amide bonds. The molecule has 0 bridgehead atoms. The molecule has 18 heavy (non-hydrogen) atoms. The number of benzene rings is 1. The van der Waals surface area contributed by atoms with Crippen LogP contribution in [-0.4, -0.2) is 16.0 Å². The zero-order chi connectivity index (χ0) is 12.5. The highest BCUT2D eigenvalue weighted by Gasteiger charge is 2.25. The van der Waals surface area contributed by atoms with Gasteiger partial charge in [0.2, 0.25) is 0 Å². The molecule has 4 heteroatoms. The Morgan fingerprint density at radius 2 is 2.11 bits per heavy atom. The van der Waals surface area contributed by atoms with Gasteiger partial charge in [0.1, 0.15) is 5.15 Å². The quantitative estimate of drug-likeness (QED) is 0.830. The van der Waals surface area contributed by atoms with E-state index in [2.05, 4.69) is 46.1 Å². The molecule has 0 fully saturated rings. The molecular formula is C14H14ClN3. The van der Waals surface area contributed by atoms with Crippen LogP contribution >= 0.6 is 11.6 Å². The van der Waals surface area contributed by atoms with E-state index in [1.54, 1.807) is 12.4 Å². The second-order valence-electron chi connectivity index (χ2n) is 4.64. The predicted octanol–water partition coefficient (Wildman–Crippen LogP) is 3.08. The van der Waals surface area contributed by atoms with E-state index >= 15 is 0 Å².